The third kappa shape index (κ3) is 5.94. The van der Waals surface area contributed by atoms with Gasteiger partial charge in [-0.3, -0.25) is 0 Å². The first kappa shape index (κ1) is 36.9. The highest BCUT2D eigenvalue weighted by molar-refractivity contribution is 6.25. The molecule has 0 saturated heterocycles. The molecule has 0 aliphatic heterocycles. The first-order chi connectivity index (χ1) is 31.0. The van der Waals surface area contributed by atoms with E-state index in [9.17, 15) is 0 Å². The first-order valence-corrected chi connectivity index (χ1v) is 21.9. The lowest BCUT2D eigenvalue weighted by atomic mass is 9.82. The van der Waals surface area contributed by atoms with Crippen molar-refractivity contribution in [1.29, 1.82) is 0 Å². The van der Waals surface area contributed by atoms with Crippen LogP contribution in [0, 0.1) is 0 Å². The number of H-pyrrole nitrogens is 1. The Labute approximate surface area is 368 Å². The molecule has 1 aliphatic rings. The average Bonchev–Trinajstić information content (AvgIpc) is 3.83. The zero-order valence-electron chi connectivity index (χ0n) is 35.3. The highest BCUT2D eigenvalue weighted by atomic mass is 15.1. The molecular weight excluding hydrogens is 761 g/mol. The molecule has 1 heterocycles. The normalized spacial score (nSPS) is 12.7. The molecule has 0 amide bonds. The van der Waals surface area contributed by atoms with Crippen molar-refractivity contribution in [2.75, 3.05) is 4.90 Å². The van der Waals surface area contributed by atoms with E-state index in [-0.39, 0.29) is 5.41 Å². The molecule has 0 atom stereocenters. The smallest absolute Gasteiger partial charge is 0.0544 e. The Balaban J connectivity index is 1.18. The molecule has 298 valence electrons. The molecular formula is C61H44N2. The maximum Gasteiger partial charge on any atom is 0.0544 e. The number of hydrogen-bond donors (Lipinski definition) is 1. The summed E-state index contributed by atoms with van der Waals surface area (Å²) in [5.41, 5.74) is 19.3. The van der Waals surface area contributed by atoms with Gasteiger partial charge in [0, 0.05) is 38.9 Å². The van der Waals surface area contributed by atoms with E-state index in [1.165, 1.54) is 82.6 Å². The summed E-state index contributed by atoms with van der Waals surface area (Å²) in [4.78, 5) is 6.38. The molecule has 2 nitrogen and oxygen atoms in total. The minimum Gasteiger partial charge on any atom is -0.354 e. The largest absolute Gasteiger partial charge is 0.354 e. The van der Waals surface area contributed by atoms with Crippen LogP contribution in [0.1, 0.15) is 25.0 Å². The molecule has 0 fully saturated rings. The van der Waals surface area contributed by atoms with Crippen LogP contribution < -0.4 is 4.90 Å². The predicted octanol–water partition coefficient (Wildman–Crippen LogP) is 16.9. The summed E-state index contributed by atoms with van der Waals surface area (Å²) in [6, 6.07) is 82.3. The summed E-state index contributed by atoms with van der Waals surface area (Å²) in [7, 11) is 0. The second kappa shape index (κ2) is 14.6. The highest BCUT2D eigenvalue weighted by Crippen LogP contribution is 2.52. The molecule has 63 heavy (non-hydrogen) atoms. The van der Waals surface area contributed by atoms with Crippen LogP contribution in [0.3, 0.4) is 0 Å². The van der Waals surface area contributed by atoms with Gasteiger partial charge in [0.15, 0.2) is 0 Å². The van der Waals surface area contributed by atoms with E-state index in [4.69, 9.17) is 0 Å². The van der Waals surface area contributed by atoms with Crippen LogP contribution in [0.4, 0.5) is 17.1 Å². The van der Waals surface area contributed by atoms with Crippen LogP contribution in [-0.2, 0) is 5.41 Å². The second-order valence-electron chi connectivity index (χ2n) is 17.3. The van der Waals surface area contributed by atoms with Gasteiger partial charge in [-0.1, -0.05) is 190 Å². The zero-order chi connectivity index (χ0) is 42.1. The topological polar surface area (TPSA) is 19.0 Å². The first-order valence-electron chi connectivity index (χ1n) is 21.9. The Bertz CT molecular complexity index is 3500. The summed E-state index contributed by atoms with van der Waals surface area (Å²) >= 11 is 0. The maximum atomic E-state index is 3.94. The summed E-state index contributed by atoms with van der Waals surface area (Å²) in [5, 5.41) is 6.06. The van der Waals surface area contributed by atoms with E-state index in [1.54, 1.807) is 0 Å². The number of nitrogens with one attached hydrogen (secondary N) is 1. The monoisotopic (exact) mass is 804 g/mol. The van der Waals surface area contributed by atoms with Crippen molar-refractivity contribution in [2.24, 2.45) is 0 Å². The highest BCUT2D eigenvalue weighted by Gasteiger charge is 2.36. The van der Waals surface area contributed by atoms with Gasteiger partial charge in [0.2, 0.25) is 0 Å². The van der Waals surface area contributed by atoms with Crippen molar-refractivity contribution < 1.29 is 0 Å². The number of aromatic amines is 1. The fourth-order valence-corrected chi connectivity index (χ4v) is 10.5. The summed E-state index contributed by atoms with van der Waals surface area (Å²) in [6.45, 7) is 4.72. The van der Waals surface area contributed by atoms with Gasteiger partial charge in [-0.2, -0.15) is 0 Å². The molecule has 0 saturated carbocycles. The number of fused-ring (bicyclic) bond motifs is 6. The molecule has 0 unspecified atom stereocenters. The number of nitrogens with zero attached hydrogens (tertiary/aromatic N) is 1. The number of para-hydroxylation sites is 1. The average molecular weight is 805 g/mol. The Morgan fingerprint density at radius 1 is 0.333 bits per heavy atom. The lowest BCUT2D eigenvalue weighted by Crippen LogP contribution is -2.16. The van der Waals surface area contributed by atoms with Gasteiger partial charge in [0.25, 0.3) is 0 Å². The minimum atomic E-state index is -0.125. The third-order valence-electron chi connectivity index (χ3n) is 13.4. The summed E-state index contributed by atoms with van der Waals surface area (Å²) in [6.07, 6.45) is 0. The van der Waals surface area contributed by atoms with Crippen LogP contribution in [-0.4, -0.2) is 4.98 Å². The number of hydrogen-bond acceptors (Lipinski definition) is 1. The van der Waals surface area contributed by atoms with E-state index in [0.717, 1.165) is 33.8 Å². The van der Waals surface area contributed by atoms with Gasteiger partial charge in [0.1, 0.15) is 0 Å². The Morgan fingerprint density at radius 3 is 1.46 bits per heavy atom. The van der Waals surface area contributed by atoms with Crippen LogP contribution in [0.2, 0.25) is 0 Å². The van der Waals surface area contributed by atoms with Gasteiger partial charge in [-0.25, -0.2) is 0 Å². The fraction of sp³-hybridized carbons (Fsp3) is 0.0492. The molecule has 0 radical (unpaired) electrons. The van der Waals surface area contributed by atoms with Gasteiger partial charge >= 0.3 is 0 Å². The second-order valence-corrected chi connectivity index (χ2v) is 17.3. The van der Waals surface area contributed by atoms with Gasteiger partial charge in [0.05, 0.1) is 5.69 Å². The Kier molecular flexibility index (Phi) is 8.55. The number of aromatic nitrogens is 1. The Morgan fingerprint density at radius 2 is 0.810 bits per heavy atom. The van der Waals surface area contributed by atoms with E-state index in [1.807, 2.05) is 0 Å². The molecule has 11 aromatic rings. The standard InChI is InChI=1S/C61H44N2/c1-61(2)54-31-19-18-30-47(54)48-34-32-46(37-55(48)61)63(44-28-16-7-17-29-44)45-33-35-49-50(36-45)58(41-22-10-4-11-23-41)51-38-53-56(39-52(51)57(49)40-20-8-3-9-21-40)62-60(43-26-14-6-15-27-43)59(53)42-24-12-5-13-25-42/h3-39,62H,1-2H3. The van der Waals surface area contributed by atoms with E-state index < -0.39 is 0 Å². The van der Waals surface area contributed by atoms with Crippen LogP contribution in [0.5, 0.6) is 0 Å². The van der Waals surface area contributed by atoms with Gasteiger partial charge in [-0.15, -0.1) is 0 Å². The molecule has 1 aromatic heterocycles. The Hall–Kier alpha value is -7.94. The summed E-state index contributed by atoms with van der Waals surface area (Å²) < 4.78 is 0. The molecule has 2 heteroatoms. The quantitative estimate of drug-likeness (QED) is 0.159. The molecule has 1 aliphatic carbocycles. The van der Waals surface area contributed by atoms with E-state index >= 15 is 0 Å². The van der Waals surface area contributed by atoms with Crippen molar-refractivity contribution in [1.82, 2.24) is 4.98 Å². The SMILES string of the molecule is CC1(C)c2ccccc2-c2ccc(N(c3ccccc3)c3ccc4c(-c5ccccc5)c5cc6[nH]c(-c7ccccc7)c(-c7ccccc7)c6cc5c(-c5ccccc5)c4c3)cc21. The number of rotatable bonds is 7. The lowest BCUT2D eigenvalue weighted by molar-refractivity contribution is 0.660. The van der Waals surface area contributed by atoms with Gasteiger partial charge in [-0.05, 0) is 126 Å². The van der Waals surface area contributed by atoms with Crippen molar-refractivity contribution in [3.63, 3.8) is 0 Å². The van der Waals surface area contributed by atoms with Crippen molar-refractivity contribution >= 4 is 49.5 Å². The third-order valence-corrected chi connectivity index (χ3v) is 13.4. The van der Waals surface area contributed by atoms with E-state index in [0.29, 0.717) is 0 Å². The molecule has 12 rings (SSSR count). The predicted molar refractivity (Wildman–Crippen MR) is 267 cm³/mol. The molecule has 0 spiro atoms. The summed E-state index contributed by atoms with van der Waals surface area (Å²) in [5.74, 6) is 0. The maximum absolute atomic E-state index is 3.94. The molecule has 10 aromatic carbocycles. The van der Waals surface area contributed by atoms with Crippen molar-refractivity contribution in [3.8, 4) is 55.8 Å². The van der Waals surface area contributed by atoms with Gasteiger partial charge < -0.3 is 9.88 Å². The van der Waals surface area contributed by atoms with E-state index in [2.05, 4.69) is 248 Å². The van der Waals surface area contributed by atoms with Crippen LogP contribution in [0.25, 0.3) is 88.2 Å². The fourth-order valence-electron chi connectivity index (χ4n) is 10.5. The lowest BCUT2D eigenvalue weighted by Gasteiger charge is -2.29. The van der Waals surface area contributed by atoms with Crippen LogP contribution >= 0.6 is 0 Å². The molecule has 0 bridgehead atoms. The van der Waals surface area contributed by atoms with Crippen molar-refractivity contribution in [3.05, 3.63) is 236 Å². The minimum absolute atomic E-state index is 0.125. The molecule has 1 N–H and O–H groups in total. The van der Waals surface area contributed by atoms with Crippen molar-refractivity contribution in [2.45, 2.75) is 19.3 Å². The number of benzene rings is 10. The number of anilines is 3. The van der Waals surface area contributed by atoms with Crippen LogP contribution in [0.15, 0.2) is 224 Å². The zero-order valence-corrected chi connectivity index (χ0v) is 35.3.